The van der Waals surface area contributed by atoms with Crippen LogP contribution in [0, 0.1) is 23.5 Å². The number of benzene rings is 2. The molecular formula is C21H22F2O4. The highest BCUT2D eigenvalue weighted by molar-refractivity contribution is 5.69. The zero-order valence-electron chi connectivity index (χ0n) is 15.0. The summed E-state index contributed by atoms with van der Waals surface area (Å²) in [5.74, 6) is -1.44. The first-order valence-electron chi connectivity index (χ1n) is 8.97. The molecule has 0 bridgehead atoms. The summed E-state index contributed by atoms with van der Waals surface area (Å²) in [7, 11) is 0. The average molecular weight is 376 g/mol. The van der Waals surface area contributed by atoms with Gasteiger partial charge in [0.25, 0.3) is 0 Å². The summed E-state index contributed by atoms with van der Waals surface area (Å²) in [6, 6.07) is 10.6. The van der Waals surface area contributed by atoms with Gasteiger partial charge in [0.15, 0.2) is 11.6 Å². The molecule has 2 aromatic carbocycles. The Morgan fingerprint density at radius 2 is 2.00 bits per heavy atom. The summed E-state index contributed by atoms with van der Waals surface area (Å²) in [6.45, 7) is 2.18. The molecule has 144 valence electrons. The smallest absolute Gasteiger partial charge is 0.306 e. The zero-order valence-corrected chi connectivity index (χ0v) is 15.0. The lowest BCUT2D eigenvalue weighted by Gasteiger charge is -2.35. The van der Waals surface area contributed by atoms with Gasteiger partial charge in [0.1, 0.15) is 11.6 Å². The highest BCUT2D eigenvalue weighted by atomic mass is 19.1. The predicted molar refractivity (Wildman–Crippen MR) is 95.9 cm³/mol. The largest absolute Gasteiger partial charge is 0.493 e. The molecule has 1 fully saturated rings. The van der Waals surface area contributed by atoms with Crippen LogP contribution in [0.1, 0.15) is 25.3 Å². The normalized spacial score (nSPS) is 19.8. The van der Waals surface area contributed by atoms with E-state index in [1.807, 2.05) is 24.3 Å². The summed E-state index contributed by atoms with van der Waals surface area (Å²) in [4.78, 5) is 11.0. The molecule has 1 unspecified atom stereocenters. The van der Waals surface area contributed by atoms with Crippen molar-refractivity contribution in [1.29, 1.82) is 0 Å². The first-order chi connectivity index (χ1) is 12.9. The highest BCUT2D eigenvalue weighted by Gasteiger charge is 2.32. The second-order valence-corrected chi connectivity index (χ2v) is 7.05. The molecule has 1 aliphatic rings. The molecule has 0 aromatic heterocycles. The number of ether oxygens (including phenoxy) is 2. The fraction of sp³-hybridized carbons (Fsp3) is 0.381. The Morgan fingerprint density at radius 1 is 1.22 bits per heavy atom. The van der Waals surface area contributed by atoms with Gasteiger partial charge in [-0.05, 0) is 55.0 Å². The molecule has 0 saturated heterocycles. The average Bonchev–Trinajstić information content (AvgIpc) is 2.60. The second-order valence-electron chi connectivity index (χ2n) is 7.05. The summed E-state index contributed by atoms with van der Waals surface area (Å²) in [5, 5.41) is 9.00. The van der Waals surface area contributed by atoms with Gasteiger partial charge >= 0.3 is 5.97 Å². The third-order valence-corrected chi connectivity index (χ3v) is 4.73. The van der Waals surface area contributed by atoms with E-state index in [9.17, 15) is 13.6 Å². The Hall–Kier alpha value is -2.63. The Morgan fingerprint density at radius 3 is 2.74 bits per heavy atom. The molecule has 27 heavy (non-hydrogen) atoms. The van der Waals surface area contributed by atoms with E-state index >= 15 is 0 Å². The number of carboxylic acid groups (broad SMARTS) is 1. The lowest BCUT2D eigenvalue weighted by Crippen LogP contribution is -2.37. The fourth-order valence-corrected chi connectivity index (χ4v) is 3.07. The topological polar surface area (TPSA) is 55.8 Å². The molecule has 1 saturated carbocycles. The molecule has 0 aliphatic heterocycles. The molecule has 0 amide bonds. The fourth-order valence-electron chi connectivity index (χ4n) is 3.07. The van der Waals surface area contributed by atoms with Crippen LogP contribution < -0.4 is 9.47 Å². The molecule has 3 rings (SSSR count). The van der Waals surface area contributed by atoms with E-state index in [-0.39, 0.29) is 17.8 Å². The Bertz CT molecular complexity index is 803. The standard InChI is InChI=1S/C21H22F2O4/c1-13(21(24)25)7-14-3-2-4-17(8-14)26-12-15-9-18(10-15)27-20-11-16(22)5-6-19(20)23/h2-6,8,11,13,15,18H,7,9-10,12H2,1H3,(H,24,25). The van der Waals surface area contributed by atoms with E-state index in [1.165, 1.54) is 0 Å². The Kier molecular flexibility index (Phi) is 5.94. The molecule has 0 spiro atoms. The zero-order chi connectivity index (χ0) is 19.4. The van der Waals surface area contributed by atoms with Crippen LogP contribution in [0.5, 0.6) is 11.5 Å². The van der Waals surface area contributed by atoms with Gasteiger partial charge in [0.05, 0.1) is 18.6 Å². The highest BCUT2D eigenvalue weighted by Crippen LogP contribution is 2.33. The number of rotatable bonds is 8. The van der Waals surface area contributed by atoms with Gasteiger partial charge in [-0.25, -0.2) is 8.78 Å². The Labute approximate surface area is 156 Å². The first kappa shape index (κ1) is 19.1. The van der Waals surface area contributed by atoms with E-state index in [0.29, 0.717) is 31.6 Å². The number of hydrogen-bond donors (Lipinski definition) is 1. The van der Waals surface area contributed by atoms with Crippen LogP contribution in [0.3, 0.4) is 0 Å². The number of aliphatic carboxylic acids is 1. The van der Waals surface area contributed by atoms with Gasteiger partial charge in [-0.2, -0.15) is 0 Å². The van der Waals surface area contributed by atoms with Gasteiger partial charge in [-0.3, -0.25) is 4.79 Å². The van der Waals surface area contributed by atoms with Crippen LogP contribution in [-0.4, -0.2) is 23.8 Å². The Balaban J connectivity index is 1.44. The van der Waals surface area contributed by atoms with Gasteiger partial charge in [0, 0.05) is 6.07 Å². The summed E-state index contributed by atoms with van der Waals surface area (Å²) >= 11 is 0. The van der Waals surface area contributed by atoms with Crippen LogP contribution in [0.4, 0.5) is 8.78 Å². The van der Waals surface area contributed by atoms with Crippen molar-refractivity contribution in [3.05, 3.63) is 59.7 Å². The van der Waals surface area contributed by atoms with Crippen LogP contribution in [-0.2, 0) is 11.2 Å². The van der Waals surface area contributed by atoms with Crippen molar-refractivity contribution < 1.29 is 28.2 Å². The van der Waals surface area contributed by atoms with E-state index < -0.39 is 23.5 Å². The lowest BCUT2D eigenvalue weighted by atomic mass is 9.83. The van der Waals surface area contributed by atoms with Crippen LogP contribution in [0.25, 0.3) is 0 Å². The van der Waals surface area contributed by atoms with Crippen LogP contribution in [0.15, 0.2) is 42.5 Å². The van der Waals surface area contributed by atoms with Crippen molar-refractivity contribution >= 4 is 5.97 Å². The number of hydrogen-bond acceptors (Lipinski definition) is 3. The molecule has 1 atom stereocenters. The molecular weight excluding hydrogens is 354 g/mol. The quantitative estimate of drug-likeness (QED) is 0.739. The predicted octanol–water partition coefficient (Wildman–Crippen LogP) is 4.46. The van der Waals surface area contributed by atoms with Crippen molar-refractivity contribution in [2.75, 3.05) is 6.61 Å². The van der Waals surface area contributed by atoms with Crippen molar-refractivity contribution in [2.24, 2.45) is 11.8 Å². The molecule has 4 nitrogen and oxygen atoms in total. The van der Waals surface area contributed by atoms with E-state index in [4.69, 9.17) is 14.6 Å². The van der Waals surface area contributed by atoms with Crippen LogP contribution in [0.2, 0.25) is 0 Å². The SMILES string of the molecule is CC(Cc1cccc(OCC2CC(Oc3cc(F)ccc3F)C2)c1)C(=O)O. The minimum absolute atomic E-state index is 0.0559. The lowest BCUT2D eigenvalue weighted by molar-refractivity contribution is -0.141. The monoisotopic (exact) mass is 376 g/mol. The summed E-state index contributed by atoms with van der Waals surface area (Å²) in [6.07, 6.45) is 1.74. The van der Waals surface area contributed by atoms with Gasteiger partial charge in [-0.1, -0.05) is 19.1 Å². The number of carboxylic acids is 1. The van der Waals surface area contributed by atoms with Crippen molar-refractivity contribution in [1.82, 2.24) is 0 Å². The maximum atomic E-state index is 13.6. The van der Waals surface area contributed by atoms with Crippen LogP contribution >= 0.6 is 0 Å². The van der Waals surface area contributed by atoms with Crippen molar-refractivity contribution in [3.63, 3.8) is 0 Å². The summed E-state index contributed by atoms with van der Waals surface area (Å²) in [5.41, 5.74) is 0.916. The maximum Gasteiger partial charge on any atom is 0.306 e. The van der Waals surface area contributed by atoms with Crippen molar-refractivity contribution in [2.45, 2.75) is 32.3 Å². The molecule has 2 aromatic rings. The second kappa shape index (κ2) is 8.37. The maximum absolute atomic E-state index is 13.6. The van der Waals surface area contributed by atoms with E-state index in [2.05, 4.69) is 0 Å². The minimum atomic E-state index is -0.823. The van der Waals surface area contributed by atoms with E-state index in [0.717, 1.165) is 23.8 Å². The molecule has 1 N–H and O–H groups in total. The summed E-state index contributed by atoms with van der Waals surface area (Å²) < 4.78 is 38.0. The minimum Gasteiger partial charge on any atom is -0.493 e. The van der Waals surface area contributed by atoms with Gasteiger partial charge in [0.2, 0.25) is 0 Å². The molecule has 0 heterocycles. The molecule has 6 heteroatoms. The first-order valence-corrected chi connectivity index (χ1v) is 8.97. The molecule has 1 aliphatic carbocycles. The third-order valence-electron chi connectivity index (χ3n) is 4.73. The number of halogens is 2. The van der Waals surface area contributed by atoms with Gasteiger partial charge in [-0.15, -0.1) is 0 Å². The molecule has 0 radical (unpaired) electrons. The van der Waals surface area contributed by atoms with E-state index in [1.54, 1.807) is 6.92 Å². The van der Waals surface area contributed by atoms with Crippen molar-refractivity contribution in [3.8, 4) is 11.5 Å². The third kappa shape index (κ3) is 5.18. The number of carbonyl (C=O) groups is 1. The van der Waals surface area contributed by atoms with Gasteiger partial charge < -0.3 is 14.6 Å².